The average Bonchev–Trinajstić information content (AvgIpc) is 3.01. The van der Waals surface area contributed by atoms with E-state index in [1.54, 1.807) is 41.3 Å². The Morgan fingerprint density at radius 3 is 2.55 bits per heavy atom. The van der Waals surface area contributed by atoms with Gasteiger partial charge in [-0.15, -0.1) is 0 Å². The van der Waals surface area contributed by atoms with Gasteiger partial charge in [0.15, 0.2) is 18.1 Å². The van der Waals surface area contributed by atoms with Crippen molar-refractivity contribution in [3.8, 4) is 11.5 Å². The lowest BCUT2D eigenvalue weighted by Gasteiger charge is -2.18. The summed E-state index contributed by atoms with van der Waals surface area (Å²) in [6, 6.07) is 12.5. The number of hydrogen-bond acceptors (Lipinski definition) is 6. The van der Waals surface area contributed by atoms with Gasteiger partial charge in [0, 0.05) is 16.2 Å². The number of methoxy groups -OCH3 is 1. The first kappa shape index (κ1) is 23.3. The Morgan fingerprint density at radius 1 is 1.23 bits per heavy atom. The van der Waals surface area contributed by atoms with E-state index >= 15 is 0 Å². The molecule has 0 aromatic heterocycles. The fourth-order valence-corrected chi connectivity index (χ4v) is 4.63. The Bertz CT molecular complexity index is 1040. The molecule has 9 heteroatoms. The number of thioether (sulfide) groups is 1. The van der Waals surface area contributed by atoms with E-state index in [2.05, 4.69) is 21.2 Å². The maximum absolute atomic E-state index is 12.6. The maximum Gasteiger partial charge on any atom is 0.266 e. The van der Waals surface area contributed by atoms with Gasteiger partial charge in [-0.2, -0.15) is 0 Å². The van der Waals surface area contributed by atoms with Crippen molar-refractivity contribution in [1.82, 2.24) is 4.90 Å². The molecule has 1 N–H and O–H groups in total. The van der Waals surface area contributed by atoms with Gasteiger partial charge in [-0.05, 0) is 61.9 Å². The van der Waals surface area contributed by atoms with Crippen molar-refractivity contribution in [2.24, 2.45) is 0 Å². The first-order valence-corrected chi connectivity index (χ1v) is 11.4. The summed E-state index contributed by atoms with van der Waals surface area (Å²) >= 11 is 9.94. The van der Waals surface area contributed by atoms with Crippen molar-refractivity contribution < 1.29 is 19.1 Å². The van der Waals surface area contributed by atoms with Gasteiger partial charge in [-0.25, -0.2) is 0 Å². The number of carbonyl (C=O) groups excluding carboxylic acids is 2. The second-order valence-electron chi connectivity index (χ2n) is 6.90. The van der Waals surface area contributed by atoms with E-state index < -0.39 is 0 Å². The third-order valence-corrected chi connectivity index (χ3v) is 6.17. The van der Waals surface area contributed by atoms with E-state index in [4.69, 9.17) is 21.7 Å². The standard InChI is InChI=1S/C22H21BrN2O4S2/c1-13(2)25-21(27)19(31-22(25)30)11-14-4-9-17(18(10-14)28-3)29-12-20(26)24-16-7-5-15(23)6-8-16/h4-11,13H,12H2,1-3H3,(H,24,26)/b19-11-. The van der Waals surface area contributed by atoms with Crippen LogP contribution in [0.25, 0.3) is 6.08 Å². The Kier molecular flexibility index (Phi) is 7.74. The summed E-state index contributed by atoms with van der Waals surface area (Å²) in [5.41, 5.74) is 1.45. The highest BCUT2D eigenvalue weighted by atomic mass is 79.9. The van der Waals surface area contributed by atoms with E-state index in [1.165, 1.54) is 18.9 Å². The summed E-state index contributed by atoms with van der Waals surface area (Å²) in [6.07, 6.45) is 1.77. The van der Waals surface area contributed by atoms with Crippen LogP contribution >= 0.6 is 39.9 Å². The molecule has 0 unspecified atom stereocenters. The Labute approximate surface area is 199 Å². The number of hydrogen-bond donors (Lipinski definition) is 1. The molecule has 1 aliphatic rings. The van der Waals surface area contributed by atoms with E-state index in [0.717, 1.165) is 10.0 Å². The fraction of sp³-hybridized carbons (Fsp3) is 0.227. The molecule has 0 atom stereocenters. The molecule has 2 aromatic carbocycles. The van der Waals surface area contributed by atoms with Crippen LogP contribution in [0, 0.1) is 0 Å². The van der Waals surface area contributed by atoms with Gasteiger partial charge < -0.3 is 14.8 Å². The van der Waals surface area contributed by atoms with E-state index in [0.29, 0.717) is 26.4 Å². The SMILES string of the molecule is COc1cc(/C=C2\SC(=S)N(C(C)C)C2=O)ccc1OCC(=O)Nc1ccc(Br)cc1. The van der Waals surface area contributed by atoms with Gasteiger partial charge in [0.2, 0.25) is 0 Å². The number of thiocarbonyl (C=S) groups is 1. The van der Waals surface area contributed by atoms with Crippen LogP contribution in [0.5, 0.6) is 11.5 Å². The molecule has 0 aliphatic carbocycles. The van der Waals surface area contributed by atoms with Crippen LogP contribution in [0.2, 0.25) is 0 Å². The molecule has 2 amide bonds. The number of halogens is 1. The van der Waals surface area contributed by atoms with Crippen LogP contribution < -0.4 is 14.8 Å². The minimum Gasteiger partial charge on any atom is -0.493 e. The Hall–Kier alpha value is -2.36. The molecule has 31 heavy (non-hydrogen) atoms. The van der Waals surface area contributed by atoms with Crippen molar-refractivity contribution in [3.63, 3.8) is 0 Å². The number of amides is 2. The van der Waals surface area contributed by atoms with Gasteiger partial charge in [-0.1, -0.05) is 46.0 Å². The molecule has 0 bridgehead atoms. The average molecular weight is 521 g/mol. The first-order valence-electron chi connectivity index (χ1n) is 9.42. The zero-order valence-electron chi connectivity index (χ0n) is 17.2. The minimum absolute atomic E-state index is 0.00673. The van der Waals surface area contributed by atoms with Crippen molar-refractivity contribution in [2.75, 3.05) is 19.0 Å². The van der Waals surface area contributed by atoms with Crippen molar-refractivity contribution >= 4 is 67.8 Å². The maximum atomic E-state index is 12.6. The zero-order chi connectivity index (χ0) is 22.5. The third-order valence-electron chi connectivity index (χ3n) is 4.31. The molecule has 3 rings (SSSR count). The summed E-state index contributed by atoms with van der Waals surface area (Å²) in [6.45, 7) is 3.68. The monoisotopic (exact) mass is 520 g/mol. The second kappa shape index (κ2) is 10.3. The van der Waals surface area contributed by atoms with Gasteiger partial charge in [0.1, 0.15) is 4.32 Å². The van der Waals surface area contributed by atoms with E-state index in [-0.39, 0.29) is 24.5 Å². The molecule has 2 aromatic rings. The van der Waals surface area contributed by atoms with E-state index in [9.17, 15) is 9.59 Å². The molecular formula is C22H21BrN2O4S2. The van der Waals surface area contributed by atoms with Crippen molar-refractivity contribution in [1.29, 1.82) is 0 Å². The van der Waals surface area contributed by atoms with Crippen molar-refractivity contribution in [2.45, 2.75) is 19.9 Å². The van der Waals surface area contributed by atoms with Crippen LogP contribution in [0.3, 0.4) is 0 Å². The highest BCUT2D eigenvalue weighted by Gasteiger charge is 2.33. The molecule has 1 aliphatic heterocycles. The van der Waals surface area contributed by atoms with Crippen LogP contribution in [0.1, 0.15) is 19.4 Å². The number of rotatable bonds is 7. The van der Waals surface area contributed by atoms with Crippen LogP contribution in [0.15, 0.2) is 51.8 Å². The number of ether oxygens (including phenoxy) is 2. The molecule has 1 saturated heterocycles. The number of nitrogens with zero attached hydrogens (tertiary/aromatic N) is 1. The predicted octanol–water partition coefficient (Wildman–Crippen LogP) is 5.08. The lowest BCUT2D eigenvalue weighted by atomic mass is 10.1. The summed E-state index contributed by atoms with van der Waals surface area (Å²) in [7, 11) is 1.52. The topological polar surface area (TPSA) is 67.9 Å². The van der Waals surface area contributed by atoms with Gasteiger partial charge in [0.25, 0.3) is 11.8 Å². The van der Waals surface area contributed by atoms with Gasteiger partial charge in [-0.3, -0.25) is 14.5 Å². The number of nitrogens with one attached hydrogen (secondary N) is 1. The molecule has 0 radical (unpaired) electrons. The Morgan fingerprint density at radius 2 is 1.94 bits per heavy atom. The number of carbonyl (C=O) groups is 2. The minimum atomic E-state index is -0.286. The first-order chi connectivity index (χ1) is 14.8. The second-order valence-corrected chi connectivity index (χ2v) is 9.49. The normalized spacial score (nSPS) is 15.0. The lowest BCUT2D eigenvalue weighted by molar-refractivity contribution is -0.123. The molecular weight excluding hydrogens is 500 g/mol. The van der Waals surface area contributed by atoms with Crippen molar-refractivity contribution in [3.05, 3.63) is 57.4 Å². The molecule has 162 valence electrons. The quantitative estimate of drug-likeness (QED) is 0.405. The Balaban J connectivity index is 1.67. The molecule has 1 fully saturated rings. The van der Waals surface area contributed by atoms with Crippen LogP contribution in [0.4, 0.5) is 5.69 Å². The lowest BCUT2D eigenvalue weighted by Crippen LogP contribution is -2.34. The van der Waals surface area contributed by atoms with Gasteiger partial charge >= 0.3 is 0 Å². The summed E-state index contributed by atoms with van der Waals surface area (Å²) in [5.74, 6) is 0.504. The predicted molar refractivity (Wildman–Crippen MR) is 131 cm³/mol. The zero-order valence-corrected chi connectivity index (χ0v) is 20.4. The third kappa shape index (κ3) is 5.87. The van der Waals surface area contributed by atoms with Crippen LogP contribution in [-0.4, -0.2) is 40.8 Å². The summed E-state index contributed by atoms with van der Waals surface area (Å²) in [4.78, 5) is 26.9. The smallest absolute Gasteiger partial charge is 0.266 e. The van der Waals surface area contributed by atoms with Gasteiger partial charge in [0.05, 0.1) is 12.0 Å². The molecule has 0 spiro atoms. The highest BCUT2D eigenvalue weighted by molar-refractivity contribution is 9.10. The molecule has 1 heterocycles. The summed E-state index contributed by atoms with van der Waals surface area (Å²) < 4.78 is 12.5. The van der Waals surface area contributed by atoms with Crippen LogP contribution in [-0.2, 0) is 9.59 Å². The number of anilines is 1. The highest BCUT2D eigenvalue weighted by Crippen LogP contribution is 2.35. The molecule has 6 nitrogen and oxygen atoms in total. The number of benzene rings is 2. The summed E-state index contributed by atoms with van der Waals surface area (Å²) in [5, 5.41) is 2.77. The molecule has 0 saturated carbocycles. The fourth-order valence-electron chi connectivity index (χ4n) is 2.84. The largest absolute Gasteiger partial charge is 0.493 e. The van der Waals surface area contributed by atoms with E-state index in [1.807, 2.05) is 26.0 Å².